The van der Waals surface area contributed by atoms with Crippen LogP contribution in [0.1, 0.15) is 13.8 Å². The second kappa shape index (κ2) is 3.67. The third kappa shape index (κ3) is 1.65. The van der Waals surface area contributed by atoms with Crippen molar-refractivity contribution < 1.29 is 4.79 Å². The molecule has 86 valence electrons. The van der Waals surface area contributed by atoms with Crippen molar-refractivity contribution in [1.82, 2.24) is 0 Å². The molecule has 1 aromatic rings. The Morgan fingerprint density at radius 1 is 1.44 bits per heavy atom. The number of para-hydroxylation sites is 1. The summed E-state index contributed by atoms with van der Waals surface area (Å²) in [6, 6.07) is 5.57. The van der Waals surface area contributed by atoms with Crippen molar-refractivity contribution in [3.63, 3.8) is 0 Å². The Labute approximate surface area is 100 Å². The lowest BCUT2D eigenvalue weighted by molar-refractivity contribution is -0.125. The minimum absolute atomic E-state index is 0.0982. The zero-order chi connectivity index (χ0) is 11.9. The normalized spacial score (nSPS) is 18.8. The zero-order valence-electron chi connectivity index (χ0n) is 9.67. The van der Waals surface area contributed by atoms with Crippen molar-refractivity contribution in [2.45, 2.75) is 13.8 Å². The molecule has 1 aromatic carbocycles. The van der Waals surface area contributed by atoms with Gasteiger partial charge in [-0.25, -0.2) is 0 Å². The molecule has 0 aliphatic carbocycles. The van der Waals surface area contributed by atoms with Crippen LogP contribution in [0.4, 0.5) is 11.4 Å². The fourth-order valence-electron chi connectivity index (χ4n) is 1.92. The topological polar surface area (TPSA) is 32.3 Å². The Hall–Kier alpha value is -1.22. The molecular formula is C12H15ClN2O. The largest absolute Gasteiger partial charge is 0.381 e. The van der Waals surface area contributed by atoms with Crippen molar-refractivity contribution in [2.75, 3.05) is 23.8 Å². The number of nitrogens with one attached hydrogen (secondary N) is 1. The van der Waals surface area contributed by atoms with Crippen molar-refractivity contribution in [1.29, 1.82) is 0 Å². The number of hydrogen-bond donors (Lipinski definition) is 1. The molecule has 1 amide bonds. The zero-order valence-corrected chi connectivity index (χ0v) is 10.4. The summed E-state index contributed by atoms with van der Waals surface area (Å²) in [6.07, 6.45) is 0. The van der Waals surface area contributed by atoms with E-state index in [0.29, 0.717) is 11.6 Å². The molecule has 1 aliphatic heterocycles. The van der Waals surface area contributed by atoms with Crippen LogP contribution in [-0.4, -0.2) is 19.5 Å². The van der Waals surface area contributed by atoms with Gasteiger partial charge in [-0.05, 0) is 26.0 Å². The number of hydrogen-bond acceptors (Lipinski definition) is 2. The number of carbonyl (C=O) groups excluding carboxylic acids is 1. The number of halogens is 1. The van der Waals surface area contributed by atoms with E-state index in [1.165, 1.54) is 0 Å². The summed E-state index contributed by atoms with van der Waals surface area (Å²) in [5.74, 6) is 0.0982. The van der Waals surface area contributed by atoms with Crippen LogP contribution in [-0.2, 0) is 4.79 Å². The summed E-state index contributed by atoms with van der Waals surface area (Å²) in [5.41, 5.74) is 1.26. The van der Waals surface area contributed by atoms with Gasteiger partial charge in [-0.15, -0.1) is 0 Å². The minimum atomic E-state index is -0.420. The van der Waals surface area contributed by atoms with Gasteiger partial charge in [-0.1, -0.05) is 17.7 Å². The first kappa shape index (κ1) is 11.3. The van der Waals surface area contributed by atoms with E-state index in [2.05, 4.69) is 5.32 Å². The molecule has 0 unspecified atom stereocenters. The van der Waals surface area contributed by atoms with E-state index < -0.39 is 5.41 Å². The first-order valence-corrected chi connectivity index (χ1v) is 5.62. The van der Waals surface area contributed by atoms with Gasteiger partial charge in [0.25, 0.3) is 0 Å². The van der Waals surface area contributed by atoms with Crippen molar-refractivity contribution >= 4 is 28.9 Å². The average Bonchev–Trinajstić information content (AvgIpc) is 2.32. The predicted octanol–water partition coefficient (Wildman–Crippen LogP) is 2.75. The molecule has 2 rings (SSSR count). The third-order valence-corrected chi connectivity index (χ3v) is 3.26. The van der Waals surface area contributed by atoms with Gasteiger partial charge in [0, 0.05) is 13.6 Å². The van der Waals surface area contributed by atoms with Gasteiger partial charge in [0.15, 0.2) is 0 Å². The lowest BCUT2D eigenvalue weighted by atomic mass is 9.92. The average molecular weight is 239 g/mol. The van der Waals surface area contributed by atoms with Crippen LogP contribution in [0.3, 0.4) is 0 Å². The van der Waals surface area contributed by atoms with E-state index in [4.69, 9.17) is 11.6 Å². The Morgan fingerprint density at radius 3 is 2.81 bits per heavy atom. The quantitative estimate of drug-likeness (QED) is 0.754. The molecule has 0 saturated carbocycles. The standard InChI is InChI=1S/C12H15ClN2O/c1-12(2)7-14-10-8(13)5-4-6-9(10)15(3)11(12)16/h4-6,14H,7H2,1-3H3. The fourth-order valence-corrected chi connectivity index (χ4v) is 2.15. The van der Waals surface area contributed by atoms with Crippen molar-refractivity contribution in [3.05, 3.63) is 23.2 Å². The van der Waals surface area contributed by atoms with Crippen LogP contribution in [0.25, 0.3) is 0 Å². The highest BCUT2D eigenvalue weighted by Gasteiger charge is 2.35. The van der Waals surface area contributed by atoms with Gasteiger partial charge in [-0.3, -0.25) is 4.79 Å². The van der Waals surface area contributed by atoms with E-state index in [1.54, 1.807) is 11.9 Å². The van der Waals surface area contributed by atoms with Crippen LogP contribution >= 0.6 is 11.6 Å². The monoisotopic (exact) mass is 238 g/mol. The van der Waals surface area contributed by atoms with Crippen LogP contribution in [0.5, 0.6) is 0 Å². The number of benzene rings is 1. The molecule has 1 heterocycles. The molecule has 0 saturated heterocycles. The van der Waals surface area contributed by atoms with Gasteiger partial charge in [-0.2, -0.15) is 0 Å². The number of nitrogens with zero attached hydrogens (tertiary/aromatic N) is 1. The molecular weight excluding hydrogens is 224 g/mol. The molecule has 0 fully saturated rings. The lowest BCUT2D eigenvalue weighted by Crippen LogP contribution is -2.40. The van der Waals surface area contributed by atoms with E-state index in [9.17, 15) is 4.79 Å². The molecule has 0 spiro atoms. The molecule has 16 heavy (non-hydrogen) atoms. The number of rotatable bonds is 0. The fraction of sp³-hybridized carbons (Fsp3) is 0.417. The SMILES string of the molecule is CN1C(=O)C(C)(C)CNc2c(Cl)cccc21. The van der Waals surface area contributed by atoms with Crippen LogP contribution < -0.4 is 10.2 Å². The van der Waals surface area contributed by atoms with Crippen molar-refractivity contribution in [2.24, 2.45) is 5.41 Å². The number of anilines is 2. The van der Waals surface area contributed by atoms with E-state index in [-0.39, 0.29) is 5.91 Å². The van der Waals surface area contributed by atoms with E-state index in [0.717, 1.165) is 11.4 Å². The molecule has 0 radical (unpaired) electrons. The maximum Gasteiger partial charge on any atom is 0.234 e. The maximum absolute atomic E-state index is 12.2. The predicted molar refractivity (Wildman–Crippen MR) is 67.1 cm³/mol. The summed E-state index contributed by atoms with van der Waals surface area (Å²) < 4.78 is 0. The summed E-state index contributed by atoms with van der Waals surface area (Å²) in [7, 11) is 1.78. The Balaban J connectivity index is 2.55. The van der Waals surface area contributed by atoms with Gasteiger partial charge >= 0.3 is 0 Å². The second-order valence-electron chi connectivity index (χ2n) is 4.74. The lowest BCUT2D eigenvalue weighted by Gasteiger charge is -2.25. The minimum Gasteiger partial charge on any atom is -0.381 e. The van der Waals surface area contributed by atoms with Crippen molar-refractivity contribution in [3.8, 4) is 0 Å². The molecule has 4 heteroatoms. The first-order chi connectivity index (χ1) is 7.43. The molecule has 0 bridgehead atoms. The number of amides is 1. The molecule has 0 atom stereocenters. The summed E-state index contributed by atoms with van der Waals surface area (Å²) in [6.45, 7) is 4.45. The molecule has 1 N–H and O–H groups in total. The van der Waals surface area contributed by atoms with Crippen LogP contribution in [0.2, 0.25) is 5.02 Å². The van der Waals surface area contributed by atoms with Gasteiger partial charge in [0.05, 0.1) is 21.8 Å². The summed E-state index contributed by atoms with van der Waals surface area (Å²) in [5, 5.41) is 3.90. The Morgan fingerprint density at radius 2 is 2.12 bits per heavy atom. The van der Waals surface area contributed by atoms with Gasteiger partial charge in [0.1, 0.15) is 0 Å². The maximum atomic E-state index is 12.2. The highest BCUT2D eigenvalue weighted by molar-refractivity contribution is 6.34. The molecule has 0 aromatic heterocycles. The summed E-state index contributed by atoms with van der Waals surface area (Å²) >= 11 is 6.12. The van der Waals surface area contributed by atoms with Gasteiger partial charge in [0.2, 0.25) is 5.91 Å². The number of carbonyl (C=O) groups is 1. The van der Waals surface area contributed by atoms with E-state index >= 15 is 0 Å². The summed E-state index contributed by atoms with van der Waals surface area (Å²) in [4.78, 5) is 13.9. The highest BCUT2D eigenvalue weighted by Crippen LogP contribution is 2.37. The Kier molecular flexibility index (Phi) is 2.58. The van der Waals surface area contributed by atoms with Crippen LogP contribution in [0, 0.1) is 5.41 Å². The first-order valence-electron chi connectivity index (χ1n) is 5.24. The smallest absolute Gasteiger partial charge is 0.234 e. The van der Waals surface area contributed by atoms with Crippen LogP contribution in [0.15, 0.2) is 18.2 Å². The van der Waals surface area contributed by atoms with Gasteiger partial charge < -0.3 is 10.2 Å². The molecule has 3 nitrogen and oxygen atoms in total. The Bertz CT molecular complexity index is 443. The third-order valence-electron chi connectivity index (χ3n) is 2.94. The number of fused-ring (bicyclic) bond motifs is 1. The highest BCUT2D eigenvalue weighted by atomic mass is 35.5. The second-order valence-corrected chi connectivity index (χ2v) is 5.14. The molecule has 1 aliphatic rings. The van der Waals surface area contributed by atoms with E-state index in [1.807, 2.05) is 32.0 Å².